The second-order valence-electron chi connectivity index (χ2n) is 6.32. The predicted octanol–water partition coefficient (Wildman–Crippen LogP) is 2.35. The van der Waals surface area contributed by atoms with Gasteiger partial charge in [0.25, 0.3) is 0 Å². The fourth-order valence-corrected chi connectivity index (χ4v) is 3.38. The molecule has 0 radical (unpaired) electrons. The monoisotopic (exact) mass is 349 g/mol. The van der Waals surface area contributed by atoms with Gasteiger partial charge in [0, 0.05) is 18.9 Å². The minimum Gasteiger partial charge on any atom is -0.381 e. The number of amides is 1. The predicted molar refractivity (Wildman–Crippen MR) is 96.0 cm³/mol. The third-order valence-corrected chi connectivity index (χ3v) is 4.82. The van der Waals surface area contributed by atoms with Crippen LogP contribution in [0.15, 0.2) is 60.9 Å². The lowest BCUT2D eigenvalue weighted by molar-refractivity contribution is -0.125. The maximum Gasteiger partial charge on any atom is 0.235 e. The van der Waals surface area contributed by atoms with Crippen LogP contribution in [0.25, 0.3) is 5.69 Å². The Morgan fingerprint density at radius 2 is 1.88 bits per heavy atom. The molecule has 7 nitrogen and oxygen atoms in total. The molecule has 1 N–H and O–H groups in total. The van der Waals surface area contributed by atoms with E-state index in [0.717, 1.165) is 11.3 Å². The first-order chi connectivity index (χ1) is 12.8. The molecule has 7 heteroatoms. The molecule has 0 saturated carbocycles. The zero-order chi connectivity index (χ0) is 17.8. The Labute approximate surface area is 151 Å². The molecular formula is C19H19N5O2. The van der Waals surface area contributed by atoms with Gasteiger partial charge in [0.2, 0.25) is 5.91 Å². The maximum absolute atomic E-state index is 13.3. The van der Waals surface area contributed by atoms with Gasteiger partial charge in [0.15, 0.2) is 0 Å². The van der Waals surface area contributed by atoms with Gasteiger partial charge in [-0.1, -0.05) is 36.4 Å². The normalized spacial score (nSPS) is 16.2. The summed E-state index contributed by atoms with van der Waals surface area (Å²) in [5.74, 6) is -0.0131. The van der Waals surface area contributed by atoms with E-state index in [1.165, 1.54) is 6.33 Å². The number of benzene rings is 2. The van der Waals surface area contributed by atoms with Crippen LogP contribution in [-0.4, -0.2) is 39.3 Å². The van der Waals surface area contributed by atoms with Crippen molar-refractivity contribution in [2.45, 2.75) is 18.3 Å². The van der Waals surface area contributed by atoms with Crippen LogP contribution >= 0.6 is 0 Å². The first-order valence-corrected chi connectivity index (χ1v) is 8.56. The minimum absolute atomic E-state index is 0.0131. The van der Waals surface area contributed by atoms with Crippen LogP contribution in [0.4, 0.5) is 5.69 Å². The van der Waals surface area contributed by atoms with Gasteiger partial charge in [-0.25, -0.2) is 4.68 Å². The third-order valence-electron chi connectivity index (χ3n) is 4.82. The molecule has 2 aromatic carbocycles. The number of nitrogens with one attached hydrogen (secondary N) is 1. The Morgan fingerprint density at radius 1 is 1.08 bits per heavy atom. The van der Waals surface area contributed by atoms with Gasteiger partial charge in [-0.3, -0.25) is 4.79 Å². The van der Waals surface area contributed by atoms with Gasteiger partial charge < -0.3 is 10.1 Å². The van der Waals surface area contributed by atoms with Crippen molar-refractivity contribution in [3.8, 4) is 5.69 Å². The van der Waals surface area contributed by atoms with Crippen molar-refractivity contribution in [3.05, 3.63) is 66.5 Å². The van der Waals surface area contributed by atoms with Gasteiger partial charge >= 0.3 is 0 Å². The number of hydrogen-bond acceptors (Lipinski definition) is 5. The highest BCUT2D eigenvalue weighted by Crippen LogP contribution is 2.36. The van der Waals surface area contributed by atoms with Gasteiger partial charge in [0.1, 0.15) is 6.33 Å². The van der Waals surface area contributed by atoms with Crippen molar-refractivity contribution in [1.82, 2.24) is 20.2 Å². The minimum atomic E-state index is -0.579. The van der Waals surface area contributed by atoms with Gasteiger partial charge in [0.05, 0.1) is 11.1 Å². The first-order valence-electron chi connectivity index (χ1n) is 8.56. The molecule has 1 saturated heterocycles. The molecule has 1 aliphatic heterocycles. The molecule has 3 aromatic rings. The van der Waals surface area contributed by atoms with Crippen molar-refractivity contribution in [1.29, 1.82) is 0 Å². The summed E-state index contributed by atoms with van der Waals surface area (Å²) < 4.78 is 7.06. The number of aromatic nitrogens is 4. The number of rotatable bonds is 4. The molecule has 0 aliphatic carbocycles. The molecule has 2 heterocycles. The zero-order valence-electron chi connectivity index (χ0n) is 14.2. The summed E-state index contributed by atoms with van der Waals surface area (Å²) in [6, 6.07) is 17.4. The summed E-state index contributed by atoms with van der Waals surface area (Å²) in [5.41, 5.74) is 1.94. The molecule has 132 valence electrons. The molecule has 26 heavy (non-hydrogen) atoms. The molecule has 1 fully saturated rings. The highest BCUT2D eigenvalue weighted by molar-refractivity contribution is 5.99. The van der Waals surface area contributed by atoms with Crippen LogP contribution in [-0.2, 0) is 14.9 Å². The second-order valence-corrected chi connectivity index (χ2v) is 6.32. The Bertz CT molecular complexity index is 874. The SMILES string of the molecule is O=C(Nc1cccc(-n2cnnn2)c1)C1(c2ccccc2)CCOCC1. The molecule has 0 atom stereocenters. The van der Waals surface area contributed by atoms with E-state index in [4.69, 9.17) is 4.74 Å². The van der Waals surface area contributed by atoms with Crippen LogP contribution in [0.3, 0.4) is 0 Å². The molecule has 1 amide bonds. The molecule has 1 aliphatic rings. The van der Waals surface area contributed by atoms with E-state index >= 15 is 0 Å². The molecule has 1 aromatic heterocycles. The highest BCUT2D eigenvalue weighted by atomic mass is 16.5. The molecule has 0 bridgehead atoms. The lowest BCUT2D eigenvalue weighted by Crippen LogP contribution is -2.44. The Hall–Kier alpha value is -3.06. The zero-order valence-corrected chi connectivity index (χ0v) is 14.2. The van der Waals surface area contributed by atoms with E-state index in [9.17, 15) is 4.79 Å². The average Bonchev–Trinajstić information content (AvgIpc) is 3.24. The topological polar surface area (TPSA) is 81.9 Å². The van der Waals surface area contributed by atoms with E-state index < -0.39 is 5.41 Å². The number of carbonyl (C=O) groups is 1. The number of hydrogen-bond donors (Lipinski definition) is 1. The Kier molecular flexibility index (Phi) is 4.45. The van der Waals surface area contributed by atoms with E-state index in [0.29, 0.717) is 31.7 Å². The summed E-state index contributed by atoms with van der Waals surface area (Å²) in [6.07, 6.45) is 2.84. The fraction of sp³-hybridized carbons (Fsp3) is 0.263. The van der Waals surface area contributed by atoms with Crippen LogP contribution in [0.5, 0.6) is 0 Å². The van der Waals surface area contributed by atoms with Crippen LogP contribution in [0.2, 0.25) is 0 Å². The van der Waals surface area contributed by atoms with Crippen LogP contribution < -0.4 is 5.32 Å². The second kappa shape index (κ2) is 7.05. The standard InChI is InChI=1S/C19H19N5O2/c25-18(19(9-11-26-12-10-19)15-5-2-1-3-6-15)21-16-7-4-8-17(13-16)24-14-20-22-23-24/h1-8,13-14H,9-12H2,(H,21,25). The quantitative estimate of drug-likeness (QED) is 0.782. The van der Waals surface area contributed by atoms with Gasteiger partial charge in [-0.05, 0) is 47.0 Å². The number of tetrazole rings is 1. The number of anilines is 1. The molecular weight excluding hydrogens is 330 g/mol. The van der Waals surface area contributed by atoms with Crippen molar-refractivity contribution >= 4 is 11.6 Å². The Morgan fingerprint density at radius 3 is 2.62 bits per heavy atom. The molecule has 4 rings (SSSR count). The summed E-state index contributed by atoms with van der Waals surface area (Å²) in [6.45, 7) is 1.15. The largest absolute Gasteiger partial charge is 0.381 e. The summed E-state index contributed by atoms with van der Waals surface area (Å²) in [4.78, 5) is 13.3. The highest BCUT2D eigenvalue weighted by Gasteiger charge is 2.41. The van der Waals surface area contributed by atoms with Crippen LogP contribution in [0, 0.1) is 0 Å². The maximum atomic E-state index is 13.3. The van der Waals surface area contributed by atoms with Crippen molar-refractivity contribution in [2.24, 2.45) is 0 Å². The van der Waals surface area contributed by atoms with E-state index in [2.05, 4.69) is 20.8 Å². The smallest absolute Gasteiger partial charge is 0.235 e. The lowest BCUT2D eigenvalue weighted by Gasteiger charge is -2.36. The summed E-state index contributed by atoms with van der Waals surface area (Å²) >= 11 is 0. The summed E-state index contributed by atoms with van der Waals surface area (Å²) in [7, 11) is 0. The van der Waals surface area contributed by atoms with Gasteiger partial charge in [-0.2, -0.15) is 0 Å². The third kappa shape index (κ3) is 3.09. The van der Waals surface area contributed by atoms with E-state index in [1.807, 2.05) is 54.6 Å². The first kappa shape index (κ1) is 16.4. The van der Waals surface area contributed by atoms with Crippen molar-refractivity contribution in [2.75, 3.05) is 18.5 Å². The average molecular weight is 349 g/mol. The van der Waals surface area contributed by atoms with Gasteiger partial charge in [-0.15, -0.1) is 5.10 Å². The number of nitrogens with zero attached hydrogens (tertiary/aromatic N) is 4. The molecule has 0 unspecified atom stereocenters. The van der Waals surface area contributed by atoms with Crippen molar-refractivity contribution in [3.63, 3.8) is 0 Å². The fourth-order valence-electron chi connectivity index (χ4n) is 3.38. The summed E-state index contributed by atoms with van der Waals surface area (Å²) in [5, 5.41) is 14.2. The number of ether oxygens (including phenoxy) is 1. The van der Waals surface area contributed by atoms with Crippen molar-refractivity contribution < 1.29 is 9.53 Å². The number of carbonyl (C=O) groups excluding carboxylic acids is 1. The Balaban J connectivity index is 1.62. The van der Waals surface area contributed by atoms with E-state index in [-0.39, 0.29) is 5.91 Å². The van der Waals surface area contributed by atoms with E-state index in [1.54, 1.807) is 4.68 Å². The van der Waals surface area contributed by atoms with Crippen LogP contribution in [0.1, 0.15) is 18.4 Å². The molecule has 0 spiro atoms. The lowest BCUT2D eigenvalue weighted by atomic mass is 9.73.